The molecule has 22 heavy (non-hydrogen) atoms. The van der Waals surface area contributed by atoms with Crippen molar-refractivity contribution >= 4 is 21.6 Å². The molecule has 6 heteroatoms. The van der Waals surface area contributed by atoms with Crippen molar-refractivity contribution < 1.29 is 13.2 Å². The normalized spacial score (nSPS) is 15.7. The lowest BCUT2D eigenvalue weighted by atomic mass is 10.1. The van der Waals surface area contributed by atoms with E-state index in [0.29, 0.717) is 5.69 Å². The van der Waals surface area contributed by atoms with Gasteiger partial charge in [-0.1, -0.05) is 12.1 Å². The Labute approximate surface area is 133 Å². The standard InChI is InChI=1S/C16H24N2O3S/c1-13-8-7-9-15(14(13)2)18(22(3,20)21)12-16(19)17-10-5-4-6-11-17/h7-9H,4-6,10-12H2,1-3H3. The van der Waals surface area contributed by atoms with Crippen LogP contribution in [-0.2, 0) is 14.8 Å². The van der Waals surface area contributed by atoms with Gasteiger partial charge in [0.05, 0.1) is 11.9 Å². The Kier molecular flexibility index (Phi) is 5.11. The van der Waals surface area contributed by atoms with Crippen LogP contribution in [0.3, 0.4) is 0 Å². The Hall–Kier alpha value is -1.56. The second-order valence-corrected chi connectivity index (χ2v) is 7.84. The third kappa shape index (κ3) is 3.80. The van der Waals surface area contributed by atoms with Crippen LogP contribution in [0.5, 0.6) is 0 Å². The minimum absolute atomic E-state index is 0.119. The van der Waals surface area contributed by atoms with E-state index in [-0.39, 0.29) is 12.5 Å². The first kappa shape index (κ1) is 16.8. The molecule has 0 aromatic heterocycles. The van der Waals surface area contributed by atoms with Crippen LogP contribution in [0.1, 0.15) is 30.4 Å². The van der Waals surface area contributed by atoms with Gasteiger partial charge >= 0.3 is 0 Å². The summed E-state index contributed by atoms with van der Waals surface area (Å²) in [5.74, 6) is -0.119. The molecule has 0 aliphatic carbocycles. The van der Waals surface area contributed by atoms with Crippen molar-refractivity contribution in [2.75, 3.05) is 30.2 Å². The highest BCUT2D eigenvalue weighted by Gasteiger charge is 2.26. The van der Waals surface area contributed by atoms with E-state index in [1.807, 2.05) is 26.0 Å². The van der Waals surface area contributed by atoms with E-state index in [1.165, 1.54) is 4.31 Å². The summed E-state index contributed by atoms with van der Waals surface area (Å²) in [5.41, 5.74) is 2.49. The third-order valence-corrected chi connectivity index (χ3v) is 5.36. The van der Waals surface area contributed by atoms with Crippen molar-refractivity contribution in [3.63, 3.8) is 0 Å². The first-order valence-electron chi connectivity index (χ1n) is 7.62. The van der Waals surface area contributed by atoms with Gasteiger partial charge in [-0.15, -0.1) is 0 Å². The number of hydrogen-bond acceptors (Lipinski definition) is 3. The van der Waals surface area contributed by atoms with Gasteiger partial charge in [-0.05, 0) is 50.3 Å². The molecule has 1 aliphatic heterocycles. The number of piperidine rings is 1. The van der Waals surface area contributed by atoms with E-state index >= 15 is 0 Å². The predicted molar refractivity (Wildman–Crippen MR) is 88.5 cm³/mol. The summed E-state index contributed by atoms with van der Waals surface area (Å²) >= 11 is 0. The number of carbonyl (C=O) groups is 1. The van der Waals surface area contributed by atoms with Gasteiger partial charge in [0.25, 0.3) is 0 Å². The fraction of sp³-hybridized carbons (Fsp3) is 0.562. The molecule has 1 amide bonds. The molecule has 0 bridgehead atoms. The zero-order valence-electron chi connectivity index (χ0n) is 13.5. The van der Waals surface area contributed by atoms with Gasteiger partial charge in [0.2, 0.25) is 15.9 Å². The highest BCUT2D eigenvalue weighted by molar-refractivity contribution is 7.92. The second-order valence-electron chi connectivity index (χ2n) is 5.93. The lowest BCUT2D eigenvalue weighted by Crippen LogP contribution is -2.44. The molecule has 0 atom stereocenters. The van der Waals surface area contributed by atoms with Crippen molar-refractivity contribution in [2.24, 2.45) is 0 Å². The Bertz CT molecular complexity index is 649. The smallest absolute Gasteiger partial charge is 0.243 e. The SMILES string of the molecule is Cc1cccc(N(CC(=O)N2CCCCC2)S(C)(=O)=O)c1C. The van der Waals surface area contributed by atoms with Crippen molar-refractivity contribution in [1.82, 2.24) is 4.90 Å². The maximum Gasteiger partial charge on any atom is 0.243 e. The lowest BCUT2D eigenvalue weighted by molar-refractivity contribution is -0.130. The van der Waals surface area contributed by atoms with Crippen molar-refractivity contribution in [3.8, 4) is 0 Å². The zero-order valence-corrected chi connectivity index (χ0v) is 14.3. The van der Waals surface area contributed by atoms with Crippen LogP contribution in [0, 0.1) is 13.8 Å². The van der Waals surface area contributed by atoms with Crippen molar-refractivity contribution in [1.29, 1.82) is 0 Å². The summed E-state index contributed by atoms with van der Waals surface area (Å²) in [6.45, 7) is 5.15. The molecule has 1 heterocycles. The molecule has 2 rings (SSSR count). The van der Waals surface area contributed by atoms with Gasteiger partial charge in [0, 0.05) is 13.1 Å². The van der Waals surface area contributed by atoms with Gasteiger partial charge in [-0.25, -0.2) is 8.42 Å². The average molecular weight is 324 g/mol. The number of nitrogens with zero attached hydrogens (tertiary/aromatic N) is 2. The molecule has 0 radical (unpaired) electrons. The van der Waals surface area contributed by atoms with Crippen LogP contribution in [0.25, 0.3) is 0 Å². The van der Waals surface area contributed by atoms with Gasteiger partial charge in [-0.3, -0.25) is 9.10 Å². The number of likely N-dealkylation sites (tertiary alicyclic amines) is 1. The van der Waals surface area contributed by atoms with Crippen LogP contribution >= 0.6 is 0 Å². The number of benzene rings is 1. The van der Waals surface area contributed by atoms with Crippen molar-refractivity contribution in [2.45, 2.75) is 33.1 Å². The van der Waals surface area contributed by atoms with Crippen molar-refractivity contribution in [3.05, 3.63) is 29.3 Å². The Morgan fingerprint density at radius 1 is 1.18 bits per heavy atom. The van der Waals surface area contributed by atoms with Crippen LogP contribution in [0.15, 0.2) is 18.2 Å². The number of rotatable bonds is 4. The number of amides is 1. The molecule has 5 nitrogen and oxygen atoms in total. The second kappa shape index (κ2) is 6.69. The number of sulfonamides is 1. The quantitative estimate of drug-likeness (QED) is 0.852. The predicted octanol–water partition coefficient (Wildman–Crippen LogP) is 2.08. The Morgan fingerprint density at radius 3 is 2.41 bits per heavy atom. The molecular formula is C16H24N2O3S. The van der Waals surface area contributed by atoms with Crippen LogP contribution < -0.4 is 4.31 Å². The van der Waals surface area contributed by atoms with E-state index in [2.05, 4.69) is 0 Å². The number of anilines is 1. The van der Waals surface area contributed by atoms with E-state index in [4.69, 9.17) is 0 Å². The topological polar surface area (TPSA) is 57.7 Å². The monoisotopic (exact) mass is 324 g/mol. The molecule has 0 unspecified atom stereocenters. The highest BCUT2D eigenvalue weighted by atomic mass is 32.2. The van der Waals surface area contributed by atoms with Crippen LogP contribution in [0.2, 0.25) is 0 Å². The Balaban J connectivity index is 2.27. The summed E-state index contributed by atoms with van der Waals surface area (Å²) in [4.78, 5) is 14.2. The summed E-state index contributed by atoms with van der Waals surface area (Å²) in [7, 11) is -3.51. The molecule has 1 saturated heterocycles. The maximum absolute atomic E-state index is 12.4. The molecule has 1 aliphatic rings. The molecule has 0 spiro atoms. The van der Waals surface area contributed by atoms with E-state index in [9.17, 15) is 13.2 Å². The summed E-state index contributed by atoms with van der Waals surface area (Å²) in [6.07, 6.45) is 4.27. The lowest BCUT2D eigenvalue weighted by Gasteiger charge is -2.30. The summed E-state index contributed by atoms with van der Waals surface area (Å²) < 4.78 is 25.6. The Morgan fingerprint density at radius 2 is 1.82 bits per heavy atom. The van der Waals surface area contributed by atoms with Crippen LogP contribution in [-0.4, -0.2) is 45.1 Å². The fourth-order valence-corrected chi connectivity index (χ4v) is 3.65. The zero-order chi connectivity index (χ0) is 16.3. The minimum Gasteiger partial charge on any atom is -0.341 e. The number of aryl methyl sites for hydroxylation is 1. The third-order valence-electron chi connectivity index (χ3n) is 4.23. The summed E-state index contributed by atoms with van der Waals surface area (Å²) in [6, 6.07) is 5.51. The average Bonchev–Trinajstić information content (AvgIpc) is 2.47. The van der Waals surface area contributed by atoms with Crippen LogP contribution in [0.4, 0.5) is 5.69 Å². The molecule has 1 fully saturated rings. The largest absolute Gasteiger partial charge is 0.341 e. The first-order valence-corrected chi connectivity index (χ1v) is 9.47. The van der Waals surface area contributed by atoms with Gasteiger partial charge < -0.3 is 4.90 Å². The van der Waals surface area contributed by atoms with Gasteiger partial charge in [0.15, 0.2) is 0 Å². The maximum atomic E-state index is 12.4. The van der Waals surface area contributed by atoms with E-state index < -0.39 is 10.0 Å². The first-order chi connectivity index (χ1) is 10.3. The molecule has 1 aromatic carbocycles. The van der Waals surface area contributed by atoms with Gasteiger partial charge in [0.1, 0.15) is 6.54 Å². The minimum atomic E-state index is -3.51. The fourth-order valence-electron chi connectivity index (χ4n) is 2.75. The summed E-state index contributed by atoms with van der Waals surface area (Å²) in [5, 5.41) is 0. The number of hydrogen-bond donors (Lipinski definition) is 0. The molecular weight excluding hydrogens is 300 g/mol. The molecule has 0 saturated carbocycles. The molecule has 0 N–H and O–H groups in total. The highest BCUT2D eigenvalue weighted by Crippen LogP contribution is 2.25. The number of carbonyl (C=O) groups excluding carboxylic acids is 1. The van der Waals surface area contributed by atoms with E-state index in [0.717, 1.165) is 49.7 Å². The molecule has 122 valence electrons. The van der Waals surface area contributed by atoms with E-state index in [1.54, 1.807) is 11.0 Å². The van der Waals surface area contributed by atoms with Gasteiger partial charge in [-0.2, -0.15) is 0 Å². The molecule has 1 aromatic rings.